The summed E-state index contributed by atoms with van der Waals surface area (Å²) in [7, 11) is 0. The lowest BCUT2D eigenvalue weighted by atomic mass is 10.1. The van der Waals surface area contributed by atoms with Crippen LogP contribution in [-0.4, -0.2) is 40.3 Å². The summed E-state index contributed by atoms with van der Waals surface area (Å²) in [5, 5.41) is 0. The zero-order chi connectivity index (χ0) is 12.4. The van der Waals surface area contributed by atoms with Gasteiger partial charge in [0.15, 0.2) is 0 Å². The fourth-order valence-corrected chi connectivity index (χ4v) is 2.79. The maximum Gasteiger partial charge on any atom is 0.237 e. The number of hydrogen-bond acceptors (Lipinski definition) is 3. The van der Waals surface area contributed by atoms with Crippen LogP contribution < -0.4 is 0 Å². The lowest BCUT2D eigenvalue weighted by Gasteiger charge is -2.27. The number of likely N-dealkylation sites (tertiary alicyclic amines) is 1. The molecule has 0 bridgehead atoms. The summed E-state index contributed by atoms with van der Waals surface area (Å²) in [5.41, 5.74) is 2.26. The predicted molar refractivity (Wildman–Crippen MR) is 68.8 cm³/mol. The van der Waals surface area contributed by atoms with Crippen LogP contribution in [0.15, 0.2) is 18.3 Å². The summed E-state index contributed by atoms with van der Waals surface area (Å²) >= 11 is 0. The van der Waals surface area contributed by atoms with Gasteiger partial charge in [-0.1, -0.05) is 12.5 Å². The topological polar surface area (TPSA) is 36.4 Å². The Morgan fingerprint density at radius 1 is 1.22 bits per heavy atom. The highest BCUT2D eigenvalue weighted by molar-refractivity contribution is 5.78. The van der Waals surface area contributed by atoms with Crippen molar-refractivity contribution in [3.05, 3.63) is 29.6 Å². The molecule has 1 saturated heterocycles. The van der Waals surface area contributed by atoms with Crippen molar-refractivity contribution >= 4 is 5.91 Å². The highest BCUT2D eigenvalue weighted by Crippen LogP contribution is 2.20. The van der Waals surface area contributed by atoms with Gasteiger partial charge in [0.05, 0.1) is 18.8 Å². The molecular formula is C14H19N3O. The Morgan fingerprint density at radius 2 is 2.06 bits per heavy atom. The molecule has 2 aliphatic rings. The van der Waals surface area contributed by atoms with Gasteiger partial charge in [0.25, 0.3) is 0 Å². The number of fused-ring (bicyclic) bond motifs is 1. The van der Waals surface area contributed by atoms with Crippen LogP contribution in [-0.2, 0) is 17.9 Å². The standard InChI is InChI=1S/C14H19N3O/c18-14(11-16-7-2-1-3-8-16)17-9-12-5-4-6-15-13(12)10-17/h4-6H,1-3,7-11H2. The van der Waals surface area contributed by atoms with Crippen molar-refractivity contribution in [3.63, 3.8) is 0 Å². The smallest absolute Gasteiger partial charge is 0.237 e. The van der Waals surface area contributed by atoms with Crippen molar-refractivity contribution in [3.8, 4) is 0 Å². The molecule has 3 heterocycles. The van der Waals surface area contributed by atoms with Crippen LogP contribution in [0, 0.1) is 0 Å². The molecule has 0 aromatic carbocycles. The van der Waals surface area contributed by atoms with Gasteiger partial charge < -0.3 is 4.90 Å². The minimum absolute atomic E-state index is 0.245. The van der Waals surface area contributed by atoms with E-state index in [4.69, 9.17) is 0 Å². The molecule has 0 atom stereocenters. The first-order valence-electron chi connectivity index (χ1n) is 6.76. The van der Waals surface area contributed by atoms with E-state index in [2.05, 4.69) is 16.0 Å². The quantitative estimate of drug-likeness (QED) is 0.790. The molecule has 0 spiro atoms. The summed E-state index contributed by atoms with van der Waals surface area (Å²) < 4.78 is 0. The lowest BCUT2D eigenvalue weighted by molar-refractivity contribution is -0.133. The first-order chi connectivity index (χ1) is 8.83. The van der Waals surface area contributed by atoms with E-state index in [9.17, 15) is 4.79 Å². The molecule has 0 radical (unpaired) electrons. The first kappa shape index (κ1) is 11.7. The van der Waals surface area contributed by atoms with E-state index in [0.717, 1.165) is 25.3 Å². The van der Waals surface area contributed by atoms with Crippen molar-refractivity contribution in [1.82, 2.24) is 14.8 Å². The van der Waals surface area contributed by atoms with Crippen LogP contribution in [0.4, 0.5) is 0 Å². The Morgan fingerprint density at radius 3 is 2.83 bits per heavy atom. The summed E-state index contributed by atoms with van der Waals surface area (Å²) in [6.45, 7) is 4.14. The Hall–Kier alpha value is -1.42. The maximum absolute atomic E-state index is 12.2. The molecule has 1 fully saturated rings. The van der Waals surface area contributed by atoms with Crippen molar-refractivity contribution in [2.45, 2.75) is 32.4 Å². The normalized spacial score (nSPS) is 19.9. The molecule has 1 amide bonds. The number of carbonyl (C=O) groups is 1. The van der Waals surface area contributed by atoms with Gasteiger partial charge in [0.2, 0.25) is 5.91 Å². The molecular weight excluding hydrogens is 226 g/mol. The third-order valence-electron chi connectivity index (χ3n) is 3.85. The number of pyridine rings is 1. The van der Waals surface area contributed by atoms with E-state index in [-0.39, 0.29) is 5.91 Å². The van der Waals surface area contributed by atoms with E-state index in [1.54, 1.807) is 6.20 Å². The van der Waals surface area contributed by atoms with Crippen LogP contribution >= 0.6 is 0 Å². The van der Waals surface area contributed by atoms with E-state index in [0.29, 0.717) is 13.1 Å². The highest BCUT2D eigenvalue weighted by Gasteiger charge is 2.25. The Bertz CT molecular complexity index is 415. The minimum Gasteiger partial charge on any atom is -0.331 e. The fraction of sp³-hybridized carbons (Fsp3) is 0.571. The third kappa shape index (κ3) is 2.38. The number of hydrogen-bond donors (Lipinski definition) is 0. The van der Waals surface area contributed by atoms with Gasteiger partial charge in [-0.3, -0.25) is 14.7 Å². The number of nitrogens with zero attached hydrogens (tertiary/aromatic N) is 3. The molecule has 0 N–H and O–H groups in total. The second-order valence-electron chi connectivity index (χ2n) is 5.20. The highest BCUT2D eigenvalue weighted by atomic mass is 16.2. The second-order valence-corrected chi connectivity index (χ2v) is 5.20. The average molecular weight is 245 g/mol. The van der Waals surface area contributed by atoms with Crippen LogP contribution in [0.1, 0.15) is 30.5 Å². The van der Waals surface area contributed by atoms with Crippen LogP contribution in [0.5, 0.6) is 0 Å². The first-order valence-corrected chi connectivity index (χ1v) is 6.76. The van der Waals surface area contributed by atoms with Crippen LogP contribution in [0.2, 0.25) is 0 Å². The third-order valence-corrected chi connectivity index (χ3v) is 3.85. The van der Waals surface area contributed by atoms with E-state index in [1.165, 1.54) is 24.8 Å². The predicted octanol–water partition coefficient (Wildman–Crippen LogP) is 1.41. The van der Waals surface area contributed by atoms with Crippen molar-refractivity contribution < 1.29 is 4.79 Å². The van der Waals surface area contributed by atoms with Gasteiger partial charge in [-0.05, 0) is 37.6 Å². The van der Waals surface area contributed by atoms with Crippen molar-refractivity contribution in [2.75, 3.05) is 19.6 Å². The monoisotopic (exact) mass is 245 g/mol. The van der Waals surface area contributed by atoms with Crippen LogP contribution in [0.3, 0.4) is 0 Å². The molecule has 0 unspecified atom stereocenters. The van der Waals surface area contributed by atoms with Crippen LogP contribution in [0.25, 0.3) is 0 Å². The van der Waals surface area contributed by atoms with E-state index >= 15 is 0 Å². The van der Waals surface area contributed by atoms with Gasteiger partial charge in [0.1, 0.15) is 0 Å². The molecule has 4 nitrogen and oxygen atoms in total. The SMILES string of the molecule is O=C(CN1CCCCC1)N1Cc2cccnc2C1. The van der Waals surface area contributed by atoms with E-state index < -0.39 is 0 Å². The molecule has 1 aromatic heterocycles. The van der Waals surface area contributed by atoms with Gasteiger partial charge in [-0.15, -0.1) is 0 Å². The maximum atomic E-state index is 12.2. The number of aromatic nitrogens is 1. The van der Waals surface area contributed by atoms with Crippen molar-refractivity contribution in [1.29, 1.82) is 0 Å². The largest absolute Gasteiger partial charge is 0.331 e. The Labute approximate surface area is 108 Å². The molecule has 96 valence electrons. The van der Waals surface area contributed by atoms with Gasteiger partial charge in [-0.25, -0.2) is 0 Å². The molecule has 0 saturated carbocycles. The zero-order valence-corrected chi connectivity index (χ0v) is 10.6. The summed E-state index contributed by atoms with van der Waals surface area (Å²) in [6, 6.07) is 4.01. The Kier molecular flexibility index (Phi) is 3.28. The second kappa shape index (κ2) is 5.06. The number of piperidine rings is 1. The summed E-state index contributed by atoms with van der Waals surface area (Å²) in [6.07, 6.45) is 5.57. The number of carbonyl (C=O) groups excluding carboxylic acids is 1. The van der Waals surface area contributed by atoms with E-state index in [1.807, 2.05) is 11.0 Å². The number of rotatable bonds is 2. The lowest BCUT2D eigenvalue weighted by Crippen LogP contribution is -2.40. The van der Waals surface area contributed by atoms with Crippen molar-refractivity contribution in [2.24, 2.45) is 0 Å². The number of amides is 1. The molecule has 0 aliphatic carbocycles. The molecule has 2 aliphatic heterocycles. The molecule has 3 rings (SSSR count). The summed E-state index contributed by atoms with van der Waals surface area (Å²) in [4.78, 5) is 20.8. The van der Waals surface area contributed by atoms with Gasteiger partial charge >= 0.3 is 0 Å². The van der Waals surface area contributed by atoms with Gasteiger partial charge in [-0.2, -0.15) is 0 Å². The minimum atomic E-state index is 0.245. The Balaban J connectivity index is 1.58. The molecule has 1 aromatic rings. The summed E-state index contributed by atoms with van der Waals surface area (Å²) in [5.74, 6) is 0.245. The average Bonchev–Trinajstić information content (AvgIpc) is 2.84. The van der Waals surface area contributed by atoms with Gasteiger partial charge in [0, 0.05) is 12.7 Å². The molecule has 4 heteroatoms. The zero-order valence-electron chi connectivity index (χ0n) is 10.6. The fourth-order valence-electron chi connectivity index (χ4n) is 2.79. The molecule has 18 heavy (non-hydrogen) atoms.